The minimum Gasteiger partial charge on any atom is -0.248 e. The summed E-state index contributed by atoms with van der Waals surface area (Å²) >= 11 is 0. The van der Waals surface area contributed by atoms with Gasteiger partial charge in [-0.1, -0.05) is 104 Å². The molecule has 0 fully saturated rings. The number of hydrogen-bond donors (Lipinski definition) is 0. The molecule has 0 amide bonds. The lowest BCUT2D eigenvalue weighted by Gasteiger charge is -2.26. The number of nitrogens with zero attached hydrogens (tertiary/aromatic N) is 1. The lowest BCUT2D eigenvalue weighted by atomic mass is 9.79. The molecule has 0 saturated carbocycles. The number of hydrogen-bond acceptors (Lipinski definition) is 0. The average molecular weight is 391 g/mol. The van der Waals surface area contributed by atoms with Crippen LogP contribution < -0.4 is 5.32 Å². The van der Waals surface area contributed by atoms with E-state index in [1.807, 2.05) is 0 Å². The molecule has 0 spiro atoms. The van der Waals surface area contributed by atoms with Gasteiger partial charge in [0.25, 0.3) is 0 Å². The Balaban J connectivity index is 1.80. The zero-order chi connectivity index (χ0) is 21.1. The van der Waals surface area contributed by atoms with Crippen LogP contribution >= 0.6 is 0 Å². The number of fused-ring (bicyclic) bond motifs is 3. The molecule has 29 heavy (non-hydrogen) atoms. The normalized spacial score (nSPS) is 13.2. The maximum Gasteiger partial charge on any atom is 0.0719 e. The van der Waals surface area contributed by atoms with Gasteiger partial charge in [-0.15, -0.1) is 0 Å². The monoisotopic (exact) mass is 390 g/mol. The third kappa shape index (κ3) is 4.87. The van der Waals surface area contributed by atoms with Crippen LogP contribution in [0, 0.1) is 0 Å². The summed E-state index contributed by atoms with van der Waals surface area (Å²) < 4.78 is 0. The zero-order valence-electron chi connectivity index (χ0n) is 19.6. The molecule has 157 valence electrons. The molecule has 0 unspecified atom stereocenters. The van der Waals surface area contributed by atoms with Crippen molar-refractivity contribution in [3.8, 4) is 11.1 Å². The van der Waals surface area contributed by atoms with Crippen LogP contribution in [-0.2, 0) is 10.8 Å². The van der Waals surface area contributed by atoms with E-state index in [-0.39, 0.29) is 10.8 Å². The Morgan fingerprint density at radius 2 is 1.03 bits per heavy atom. The number of unbranched alkanes of at least 4 members (excludes halogenated alkanes) is 4. The minimum atomic E-state index is 0.209. The van der Waals surface area contributed by atoms with E-state index in [1.54, 1.807) is 0 Å². The Kier molecular flexibility index (Phi) is 6.76. The van der Waals surface area contributed by atoms with Crippen LogP contribution in [0.2, 0.25) is 0 Å². The van der Waals surface area contributed by atoms with E-state index in [1.165, 1.54) is 73.6 Å². The van der Waals surface area contributed by atoms with E-state index < -0.39 is 0 Å². The summed E-state index contributed by atoms with van der Waals surface area (Å²) in [6.07, 6.45) is 10.3. The topological polar surface area (TPSA) is 14.1 Å². The van der Waals surface area contributed by atoms with Crippen LogP contribution in [0.5, 0.6) is 0 Å². The maximum absolute atomic E-state index is 5.06. The summed E-state index contributed by atoms with van der Waals surface area (Å²) in [6, 6.07) is 13.9. The Bertz CT molecular complexity index is 759. The second kappa shape index (κ2) is 8.94. The molecule has 0 aromatic heterocycles. The molecule has 1 radical (unpaired) electrons. The second-order valence-corrected chi connectivity index (χ2v) is 10.3. The molecular formula is C28H40N. The molecule has 0 N–H and O–H groups in total. The average Bonchev–Trinajstić information content (AvgIpc) is 3.05. The molecule has 2 aromatic carbocycles. The third-order valence-electron chi connectivity index (χ3n) is 6.90. The second-order valence-electron chi connectivity index (χ2n) is 10.3. The maximum atomic E-state index is 5.06. The highest BCUT2D eigenvalue weighted by atomic mass is 14.9. The molecule has 1 heteroatoms. The van der Waals surface area contributed by atoms with Crippen molar-refractivity contribution in [2.45, 2.75) is 104 Å². The standard InChI is InChI=1S/C28H40N/c1-7-9-11-17-27(3,4)21-13-15-23-24-16-14-22(20-26(24)29-25(23)19-21)28(5,6)18-12-10-8-2/h13-16,19-20H,7-12,17-18H2,1-6H3. The van der Waals surface area contributed by atoms with Crippen molar-refractivity contribution in [1.82, 2.24) is 5.32 Å². The summed E-state index contributed by atoms with van der Waals surface area (Å²) in [4.78, 5) is 0. The van der Waals surface area contributed by atoms with Crippen LogP contribution in [0.15, 0.2) is 36.4 Å². The molecule has 2 aromatic rings. The predicted molar refractivity (Wildman–Crippen MR) is 128 cm³/mol. The quantitative estimate of drug-likeness (QED) is 0.307. The van der Waals surface area contributed by atoms with Crippen LogP contribution in [-0.4, -0.2) is 0 Å². The van der Waals surface area contributed by atoms with Crippen LogP contribution in [0.4, 0.5) is 11.4 Å². The van der Waals surface area contributed by atoms with Crippen molar-refractivity contribution in [3.05, 3.63) is 47.5 Å². The van der Waals surface area contributed by atoms with Crippen molar-refractivity contribution in [3.63, 3.8) is 0 Å². The summed E-state index contributed by atoms with van der Waals surface area (Å²) in [5.41, 5.74) is 8.16. The molecule has 1 nitrogen and oxygen atoms in total. The van der Waals surface area contributed by atoms with E-state index in [9.17, 15) is 0 Å². The van der Waals surface area contributed by atoms with Gasteiger partial charge >= 0.3 is 0 Å². The van der Waals surface area contributed by atoms with Gasteiger partial charge in [-0.25, -0.2) is 5.32 Å². The highest BCUT2D eigenvalue weighted by Crippen LogP contribution is 2.46. The van der Waals surface area contributed by atoms with Crippen LogP contribution in [0.3, 0.4) is 0 Å². The summed E-state index contributed by atoms with van der Waals surface area (Å²) in [5, 5.41) is 5.06. The van der Waals surface area contributed by atoms with Gasteiger partial charge in [0.1, 0.15) is 0 Å². The lowest BCUT2D eigenvalue weighted by molar-refractivity contribution is 0.450. The third-order valence-corrected chi connectivity index (χ3v) is 6.90. The number of rotatable bonds is 10. The minimum absolute atomic E-state index is 0.209. The molecule has 0 atom stereocenters. The smallest absolute Gasteiger partial charge is 0.0719 e. The van der Waals surface area contributed by atoms with Gasteiger partial charge < -0.3 is 0 Å². The van der Waals surface area contributed by atoms with E-state index >= 15 is 0 Å². The Morgan fingerprint density at radius 1 is 0.621 bits per heavy atom. The Morgan fingerprint density at radius 3 is 1.41 bits per heavy atom. The molecular weight excluding hydrogens is 350 g/mol. The van der Waals surface area contributed by atoms with Gasteiger partial charge in [0.2, 0.25) is 0 Å². The molecule has 0 bridgehead atoms. The summed E-state index contributed by atoms with van der Waals surface area (Å²) in [7, 11) is 0. The molecule has 1 heterocycles. The van der Waals surface area contributed by atoms with Crippen molar-refractivity contribution >= 4 is 11.4 Å². The largest absolute Gasteiger partial charge is 0.248 e. The van der Waals surface area contributed by atoms with E-state index in [0.29, 0.717) is 0 Å². The van der Waals surface area contributed by atoms with Gasteiger partial charge in [0.05, 0.1) is 11.4 Å². The van der Waals surface area contributed by atoms with Crippen molar-refractivity contribution in [2.75, 3.05) is 0 Å². The van der Waals surface area contributed by atoms with Crippen LogP contribution in [0.1, 0.15) is 104 Å². The first-order valence-electron chi connectivity index (χ1n) is 11.8. The van der Waals surface area contributed by atoms with Crippen molar-refractivity contribution < 1.29 is 0 Å². The molecule has 1 aliphatic rings. The molecule has 3 rings (SSSR count). The molecule has 0 saturated heterocycles. The fourth-order valence-electron chi connectivity index (χ4n) is 4.60. The Labute approximate surface area is 179 Å². The first kappa shape index (κ1) is 21.9. The number of benzene rings is 2. The highest BCUT2D eigenvalue weighted by Gasteiger charge is 2.27. The molecule has 0 aliphatic carbocycles. The zero-order valence-corrected chi connectivity index (χ0v) is 19.6. The first-order valence-corrected chi connectivity index (χ1v) is 11.8. The molecule has 1 aliphatic heterocycles. The highest BCUT2D eigenvalue weighted by molar-refractivity contribution is 5.91. The van der Waals surface area contributed by atoms with E-state index in [2.05, 4.69) is 77.9 Å². The lowest BCUT2D eigenvalue weighted by Crippen LogP contribution is -2.17. The van der Waals surface area contributed by atoms with Gasteiger partial charge in [0, 0.05) is 11.1 Å². The van der Waals surface area contributed by atoms with Gasteiger partial charge in [-0.3, -0.25) is 0 Å². The van der Waals surface area contributed by atoms with Gasteiger partial charge in [-0.2, -0.15) is 0 Å². The van der Waals surface area contributed by atoms with Crippen LogP contribution in [0.25, 0.3) is 11.1 Å². The first-order chi connectivity index (χ1) is 13.8. The predicted octanol–water partition coefficient (Wildman–Crippen LogP) is 8.95. The van der Waals surface area contributed by atoms with Crippen molar-refractivity contribution in [2.24, 2.45) is 0 Å². The fourth-order valence-corrected chi connectivity index (χ4v) is 4.60. The van der Waals surface area contributed by atoms with Crippen molar-refractivity contribution in [1.29, 1.82) is 0 Å². The van der Waals surface area contributed by atoms with E-state index in [4.69, 9.17) is 5.32 Å². The fraction of sp³-hybridized carbons (Fsp3) is 0.571. The Hall–Kier alpha value is -1.76. The SMILES string of the molecule is CCCCCC(C)(C)c1ccc2c(c1)[N]c1cc(C(C)(C)CCCCC)ccc1-2. The van der Waals surface area contributed by atoms with Gasteiger partial charge in [0.15, 0.2) is 0 Å². The van der Waals surface area contributed by atoms with Gasteiger partial charge in [-0.05, 0) is 46.9 Å². The summed E-state index contributed by atoms with van der Waals surface area (Å²) in [6.45, 7) is 14.1. The summed E-state index contributed by atoms with van der Waals surface area (Å²) in [5.74, 6) is 0. The van der Waals surface area contributed by atoms with E-state index in [0.717, 1.165) is 11.4 Å².